The highest BCUT2D eigenvalue weighted by molar-refractivity contribution is 7.99. The molecule has 3 heterocycles. The van der Waals surface area contributed by atoms with Crippen LogP contribution in [0.1, 0.15) is 0 Å². The van der Waals surface area contributed by atoms with Gasteiger partial charge in [-0.25, -0.2) is 4.98 Å². The molecule has 0 saturated carbocycles. The van der Waals surface area contributed by atoms with E-state index < -0.39 is 0 Å². The molecule has 0 aliphatic heterocycles. The van der Waals surface area contributed by atoms with Crippen LogP contribution in [0.25, 0.3) is 11.5 Å². The zero-order valence-corrected chi connectivity index (χ0v) is 14.3. The van der Waals surface area contributed by atoms with Crippen molar-refractivity contribution in [1.29, 1.82) is 0 Å². The van der Waals surface area contributed by atoms with Gasteiger partial charge in [-0.3, -0.25) is 9.78 Å². The van der Waals surface area contributed by atoms with E-state index in [-0.39, 0.29) is 27.7 Å². The normalized spacial score (nSPS) is 10.6. The molecule has 10 heteroatoms. The van der Waals surface area contributed by atoms with E-state index in [1.165, 1.54) is 12.3 Å². The number of hydrogen-bond acceptors (Lipinski definition) is 7. The molecule has 0 fully saturated rings. The summed E-state index contributed by atoms with van der Waals surface area (Å²) in [5, 5.41) is 11.3. The second-order valence-corrected chi connectivity index (χ2v) is 6.21. The maximum Gasteiger partial charge on any atom is 0.277 e. The lowest BCUT2D eigenvalue weighted by Crippen LogP contribution is -2.15. The lowest BCUT2D eigenvalue weighted by Gasteiger charge is -2.05. The van der Waals surface area contributed by atoms with Gasteiger partial charge < -0.3 is 9.73 Å². The molecule has 3 aromatic rings. The number of nitrogens with zero attached hydrogens (tertiary/aromatic N) is 4. The molecule has 0 aliphatic carbocycles. The molecule has 1 N–H and O–H groups in total. The number of carbonyl (C=O) groups is 1. The van der Waals surface area contributed by atoms with E-state index in [0.29, 0.717) is 16.5 Å². The summed E-state index contributed by atoms with van der Waals surface area (Å²) in [6.45, 7) is 0. The Bertz CT molecular complexity index is 859. The number of nitrogens with one attached hydrogen (secondary N) is 1. The van der Waals surface area contributed by atoms with Crippen molar-refractivity contribution < 1.29 is 9.21 Å². The summed E-state index contributed by atoms with van der Waals surface area (Å²) >= 11 is 12.8. The summed E-state index contributed by atoms with van der Waals surface area (Å²) in [5.41, 5.74) is 0.707. The van der Waals surface area contributed by atoms with Crippen LogP contribution in [0.4, 0.5) is 5.82 Å². The van der Waals surface area contributed by atoms with Crippen LogP contribution in [0, 0.1) is 0 Å². The Morgan fingerprint density at radius 2 is 2.17 bits per heavy atom. The summed E-state index contributed by atoms with van der Waals surface area (Å²) in [4.78, 5) is 19.9. The Labute approximate surface area is 150 Å². The first-order valence-corrected chi connectivity index (χ1v) is 8.33. The third-order valence-electron chi connectivity index (χ3n) is 2.71. The van der Waals surface area contributed by atoms with Crippen LogP contribution in [0.15, 0.2) is 46.4 Å². The summed E-state index contributed by atoms with van der Waals surface area (Å²) in [7, 11) is 0. The maximum absolute atomic E-state index is 11.9. The Balaban J connectivity index is 1.58. The molecule has 0 aromatic carbocycles. The van der Waals surface area contributed by atoms with Crippen molar-refractivity contribution in [3.63, 3.8) is 0 Å². The van der Waals surface area contributed by atoms with Crippen LogP contribution in [-0.2, 0) is 4.79 Å². The van der Waals surface area contributed by atoms with E-state index >= 15 is 0 Å². The van der Waals surface area contributed by atoms with Crippen LogP contribution >= 0.6 is 35.0 Å². The van der Waals surface area contributed by atoms with E-state index in [9.17, 15) is 4.79 Å². The fourth-order valence-electron chi connectivity index (χ4n) is 1.68. The molecular formula is C14H9Cl2N5O2S. The molecule has 1 amide bonds. The number of amides is 1. The SMILES string of the molecule is O=C(CSc1nnc(-c2cccnc2)o1)Nc1ncc(Cl)cc1Cl. The Kier molecular flexibility index (Phi) is 5.29. The first-order chi connectivity index (χ1) is 11.6. The lowest BCUT2D eigenvalue weighted by atomic mass is 10.3. The standard InChI is InChI=1S/C14H9Cl2N5O2S/c15-9-4-10(16)12(18-6-9)19-11(22)7-24-14-21-20-13(23-14)8-2-1-3-17-5-8/h1-6H,7H2,(H,18,19,22). The average molecular weight is 382 g/mol. The third kappa shape index (κ3) is 4.22. The number of hydrogen-bond donors (Lipinski definition) is 1. The van der Waals surface area contributed by atoms with Crippen molar-refractivity contribution in [2.45, 2.75) is 5.22 Å². The van der Waals surface area contributed by atoms with Gasteiger partial charge in [0.2, 0.25) is 11.8 Å². The molecule has 24 heavy (non-hydrogen) atoms. The van der Waals surface area contributed by atoms with Gasteiger partial charge in [-0.1, -0.05) is 35.0 Å². The van der Waals surface area contributed by atoms with E-state index in [2.05, 4.69) is 25.5 Å². The Morgan fingerprint density at radius 3 is 2.92 bits per heavy atom. The fourth-order valence-corrected chi connectivity index (χ4v) is 2.67. The summed E-state index contributed by atoms with van der Waals surface area (Å²) in [5.74, 6) is 0.342. The molecule has 122 valence electrons. The van der Waals surface area contributed by atoms with Crippen LogP contribution in [0.5, 0.6) is 0 Å². The van der Waals surface area contributed by atoms with Crippen LogP contribution in [0.2, 0.25) is 10.0 Å². The molecule has 0 radical (unpaired) electrons. The van der Waals surface area contributed by atoms with E-state index in [0.717, 1.165) is 11.8 Å². The van der Waals surface area contributed by atoms with Crippen molar-refractivity contribution >= 4 is 46.7 Å². The molecule has 7 nitrogen and oxygen atoms in total. The maximum atomic E-state index is 11.9. The number of thioether (sulfide) groups is 1. The Morgan fingerprint density at radius 1 is 1.29 bits per heavy atom. The topological polar surface area (TPSA) is 93.8 Å². The number of aromatic nitrogens is 4. The zero-order valence-electron chi connectivity index (χ0n) is 11.9. The van der Waals surface area contributed by atoms with Gasteiger partial charge >= 0.3 is 0 Å². The molecule has 3 rings (SSSR count). The van der Waals surface area contributed by atoms with Gasteiger partial charge in [0.1, 0.15) is 0 Å². The highest BCUT2D eigenvalue weighted by Gasteiger charge is 2.13. The minimum absolute atomic E-state index is 0.0648. The van der Waals surface area contributed by atoms with Crippen LogP contribution < -0.4 is 5.32 Å². The van der Waals surface area contributed by atoms with E-state index in [1.807, 2.05) is 0 Å². The minimum Gasteiger partial charge on any atom is -0.411 e. The molecule has 3 aromatic heterocycles. The third-order valence-corrected chi connectivity index (χ3v) is 4.02. The number of anilines is 1. The second kappa shape index (κ2) is 7.61. The number of halogens is 2. The second-order valence-electron chi connectivity index (χ2n) is 4.44. The highest BCUT2D eigenvalue weighted by Crippen LogP contribution is 2.24. The summed E-state index contributed by atoms with van der Waals surface area (Å²) in [6, 6.07) is 5.07. The molecule has 0 unspecified atom stereocenters. The fraction of sp³-hybridized carbons (Fsp3) is 0.0714. The van der Waals surface area contributed by atoms with Gasteiger partial charge in [0, 0.05) is 18.6 Å². The molecule has 0 bridgehead atoms. The number of pyridine rings is 2. The minimum atomic E-state index is -0.308. The quantitative estimate of drug-likeness (QED) is 0.675. The van der Waals surface area contributed by atoms with Gasteiger partial charge in [0.25, 0.3) is 5.22 Å². The summed E-state index contributed by atoms with van der Waals surface area (Å²) < 4.78 is 5.47. The molecule has 0 saturated heterocycles. The van der Waals surface area contributed by atoms with Gasteiger partial charge in [-0.05, 0) is 18.2 Å². The highest BCUT2D eigenvalue weighted by atomic mass is 35.5. The lowest BCUT2D eigenvalue weighted by molar-refractivity contribution is -0.113. The molecule has 0 aliphatic rings. The molecular weight excluding hydrogens is 373 g/mol. The van der Waals surface area contributed by atoms with Gasteiger partial charge in [-0.2, -0.15) is 0 Å². The van der Waals surface area contributed by atoms with Crippen LogP contribution in [0.3, 0.4) is 0 Å². The number of rotatable bonds is 5. The van der Waals surface area contributed by atoms with Crippen molar-refractivity contribution in [3.8, 4) is 11.5 Å². The van der Waals surface area contributed by atoms with Crippen molar-refractivity contribution in [3.05, 3.63) is 46.8 Å². The largest absolute Gasteiger partial charge is 0.411 e. The van der Waals surface area contributed by atoms with Gasteiger partial charge in [0.15, 0.2) is 5.82 Å². The molecule has 0 spiro atoms. The van der Waals surface area contributed by atoms with Crippen LogP contribution in [-0.4, -0.2) is 31.8 Å². The zero-order chi connectivity index (χ0) is 16.9. The summed E-state index contributed by atoms with van der Waals surface area (Å²) in [6.07, 6.45) is 4.66. The Hall–Kier alpha value is -2.16. The monoisotopic (exact) mass is 381 g/mol. The van der Waals surface area contributed by atoms with E-state index in [1.54, 1.807) is 24.5 Å². The molecule has 0 atom stereocenters. The first kappa shape index (κ1) is 16.7. The predicted octanol–water partition coefficient (Wildman–Crippen LogP) is 3.56. The predicted molar refractivity (Wildman–Crippen MR) is 91.1 cm³/mol. The van der Waals surface area contributed by atoms with E-state index in [4.69, 9.17) is 27.6 Å². The van der Waals surface area contributed by atoms with Gasteiger partial charge in [-0.15, -0.1) is 10.2 Å². The van der Waals surface area contributed by atoms with Gasteiger partial charge in [0.05, 0.1) is 21.4 Å². The van der Waals surface area contributed by atoms with Crippen molar-refractivity contribution in [1.82, 2.24) is 20.2 Å². The smallest absolute Gasteiger partial charge is 0.277 e. The van der Waals surface area contributed by atoms with Crippen molar-refractivity contribution in [2.24, 2.45) is 0 Å². The van der Waals surface area contributed by atoms with Crippen molar-refractivity contribution in [2.75, 3.05) is 11.1 Å². The first-order valence-electron chi connectivity index (χ1n) is 6.59. The number of carbonyl (C=O) groups excluding carboxylic acids is 1. The average Bonchev–Trinajstić information content (AvgIpc) is 3.05.